The van der Waals surface area contributed by atoms with Crippen LogP contribution >= 0.6 is 0 Å². The molecule has 0 aliphatic rings. The summed E-state index contributed by atoms with van der Waals surface area (Å²) in [5.74, 6) is 1.33. The van der Waals surface area contributed by atoms with Crippen molar-refractivity contribution in [2.75, 3.05) is 18.5 Å². The maximum absolute atomic E-state index is 12.2. The smallest absolute Gasteiger partial charge is 0.262 e. The first kappa shape index (κ1) is 24.8. The Morgan fingerprint density at radius 3 is 2.00 bits per heavy atom. The summed E-state index contributed by atoms with van der Waals surface area (Å²) in [7, 11) is 0. The monoisotopic (exact) mass is 425 g/mol. The lowest BCUT2D eigenvalue weighted by Crippen LogP contribution is -2.24. The third kappa shape index (κ3) is 9.04. The van der Waals surface area contributed by atoms with E-state index in [9.17, 15) is 4.79 Å². The lowest BCUT2D eigenvalue weighted by Gasteiger charge is -2.33. The zero-order valence-electron chi connectivity index (χ0n) is 20.1. The zero-order valence-corrected chi connectivity index (χ0v) is 20.1. The van der Waals surface area contributed by atoms with Crippen molar-refractivity contribution in [3.8, 4) is 11.5 Å². The van der Waals surface area contributed by atoms with Gasteiger partial charge in [-0.05, 0) is 65.6 Å². The van der Waals surface area contributed by atoms with E-state index in [4.69, 9.17) is 9.47 Å². The van der Waals surface area contributed by atoms with Gasteiger partial charge in [0.25, 0.3) is 5.91 Å². The van der Waals surface area contributed by atoms with Crippen LogP contribution in [-0.2, 0) is 10.2 Å². The molecule has 2 rings (SSSR count). The highest BCUT2D eigenvalue weighted by atomic mass is 16.5. The fraction of sp³-hybridized carbons (Fsp3) is 0.519. The van der Waals surface area contributed by atoms with Crippen LogP contribution in [-0.4, -0.2) is 19.1 Å². The molecule has 0 heterocycles. The van der Waals surface area contributed by atoms with Crippen LogP contribution < -0.4 is 14.8 Å². The van der Waals surface area contributed by atoms with Crippen LogP contribution in [0.1, 0.15) is 72.8 Å². The first-order valence-corrected chi connectivity index (χ1v) is 11.4. The topological polar surface area (TPSA) is 47.6 Å². The third-order valence-corrected chi connectivity index (χ3v) is 5.13. The quantitative estimate of drug-likeness (QED) is 0.395. The van der Waals surface area contributed by atoms with Gasteiger partial charge in [0.05, 0.1) is 6.61 Å². The molecule has 2 aromatic carbocycles. The summed E-state index contributed by atoms with van der Waals surface area (Å²) in [4.78, 5) is 12.2. The normalized spacial score (nSPS) is 11.8. The number of anilines is 1. The second-order valence-corrected chi connectivity index (χ2v) is 10.1. The van der Waals surface area contributed by atoms with E-state index in [0.717, 1.165) is 30.9 Å². The Labute approximate surface area is 188 Å². The molecule has 4 nitrogen and oxygen atoms in total. The summed E-state index contributed by atoms with van der Waals surface area (Å²) in [6.45, 7) is 14.2. The van der Waals surface area contributed by atoms with E-state index in [1.807, 2.05) is 36.4 Å². The van der Waals surface area contributed by atoms with Crippen molar-refractivity contribution in [1.82, 2.24) is 0 Å². The van der Waals surface area contributed by atoms with Gasteiger partial charge < -0.3 is 14.8 Å². The van der Waals surface area contributed by atoms with Crippen LogP contribution in [0.5, 0.6) is 11.5 Å². The predicted octanol–water partition coefficient (Wildman–Crippen LogP) is 6.99. The Kier molecular flexibility index (Phi) is 8.97. The summed E-state index contributed by atoms with van der Waals surface area (Å²) in [5, 5.41) is 2.86. The van der Waals surface area contributed by atoms with Gasteiger partial charge in [0.15, 0.2) is 6.61 Å². The van der Waals surface area contributed by atoms with Gasteiger partial charge in [0.2, 0.25) is 0 Å². The number of rotatable bonds is 11. The van der Waals surface area contributed by atoms with Crippen molar-refractivity contribution in [2.24, 2.45) is 5.41 Å². The minimum atomic E-state index is -0.186. The second-order valence-electron chi connectivity index (χ2n) is 10.1. The number of carbonyl (C=O) groups is 1. The van der Waals surface area contributed by atoms with Crippen LogP contribution in [0.25, 0.3) is 0 Å². The SMILES string of the molecule is CCCCCOc1ccc(NC(=O)COc2ccc(C(C)(C)CC(C)(C)C)cc2)cc1. The number of nitrogens with one attached hydrogen (secondary N) is 1. The van der Waals surface area contributed by atoms with Gasteiger partial charge >= 0.3 is 0 Å². The molecule has 0 saturated carbocycles. The number of carbonyl (C=O) groups excluding carboxylic acids is 1. The van der Waals surface area contributed by atoms with E-state index < -0.39 is 0 Å². The zero-order chi connectivity index (χ0) is 22.9. The summed E-state index contributed by atoms with van der Waals surface area (Å²) >= 11 is 0. The Morgan fingerprint density at radius 2 is 1.42 bits per heavy atom. The van der Waals surface area contributed by atoms with Crippen LogP contribution in [0.2, 0.25) is 0 Å². The van der Waals surface area contributed by atoms with Gasteiger partial charge in [-0.1, -0.05) is 66.5 Å². The molecule has 0 bridgehead atoms. The van der Waals surface area contributed by atoms with Gasteiger partial charge in [0, 0.05) is 5.69 Å². The van der Waals surface area contributed by atoms with Crippen LogP contribution in [0.4, 0.5) is 5.69 Å². The fourth-order valence-corrected chi connectivity index (χ4v) is 3.95. The number of amides is 1. The first-order valence-electron chi connectivity index (χ1n) is 11.4. The number of benzene rings is 2. The van der Waals surface area contributed by atoms with Crippen LogP contribution in [0.3, 0.4) is 0 Å². The highest BCUT2D eigenvalue weighted by Gasteiger charge is 2.27. The minimum absolute atomic E-state index is 0.0278. The maximum atomic E-state index is 12.2. The van der Waals surface area contributed by atoms with Gasteiger partial charge in [-0.3, -0.25) is 4.79 Å². The lowest BCUT2D eigenvalue weighted by atomic mass is 9.72. The number of hydrogen-bond acceptors (Lipinski definition) is 3. The number of unbranched alkanes of at least 4 members (excludes halogenated alkanes) is 2. The van der Waals surface area contributed by atoms with E-state index in [0.29, 0.717) is 5.75 Å². The lowest BCUT2D eigenvalue weighted by molar-refractivity contribution is -0.118. The first-order chi connectivity index (χ1) is 14.6. The van der Waals surface area contributed by atoms with Gasteiger partial charge in [0.1, 0.15) is 11.5 Å². The van der Waals surface area contributed by atoms with E-state index in [-0.39, 0.29) is 23.3 Å². The molecule has 0 unspecified atom stereocenters. The van der Waals surface area contributed by atoms with Gasteiger partial charge in [-0.2, -0.15) is 0 Å². The average Bonchev–Trinajstić information content (AvgIpc) is 2.69. The Bertz CT molecular complexity index is 802. The molecule has 0 aliphatic carbocycles. The van der Waals surface area contributed by atoms with Crippen LogP contribution in [0.15, 0.2) is 48.5 Å². The molecule has 0 atom stereocenters. The average molecular weight is 426 g/mol. The number of hydrogen-bond donors (Lipinski definition) is 1. The molecule has 1 N–H and O–H groups in total. The molecule has 1 amide bonds. The summed E-state index contributed by atoms with van der Waals surface area (Å²) in [6.07, 6.45) is 4.49. The molecule has 31 heavy (non-hydrogen) atoms. The second kappa shape index (κ2) is 11.2. The van der Waals surface area contributed by atoms with Crippen molar-refractivity contribution in [2.45, 2.75) is 72.6 Å². The Hall–Kier alpha value is -2.49. The van der Waals surface area contributed by atoms with E-state index in [2.05, 4.69) is 59.0 Å². The summed E-state index contributed by atoms with van der Waals surface area (Å²) in [6, 6.07) is 15.5. The molecule has 0 spiro atoms. The minimum Gasteiger partial charge on any atom is -0.494 e. The van der Waals surface area contributed by atoms with Crippen LogP contribution in [0, 0.1) is 5.41 Å². The predicted molar refractivity (Wildman–Crippen MR) is 129 cm³/mol. The molecule has 0 fully saturated rings. The van der Waals surface area contributed by atoms with Crippen molar-refractivity contribution in [3.63, 3.8) is 0 Å². The van der Waals surface area contributed by atoms with E-state index >= 15 is 0 Å². The third-order valence-electron chi connectivity index (χ3n) is 5.13. The molecule has 0 radical (unpaired) electrons. The van der Waals surface area contributed by atoms with Crippen molar-refractivity contribution in [3.05, 3.63) is 54.1 Å². The highest BCUT2D eigenvalue weighted by Crippen LogP contribution is 2.36. The summed E-state index contributed by atoms with van der Waals surface area (Å²) < 4.78 is 11.4. The van der Waals surface area contributed by atoms with E-state index in [1.165, 1.54) is 18.4 Å². The standard InChI is InChI=1S/C27H39NO3/c1-7-8-9-18-30-23-16-12-22(13-17-23)28-25(29)19-31-24-14-10-21(11-15-24)27(5,6)20-26(2,3)4/h10-17H,7-9,18-20H2,1-6H3,(H,28,29). The van der Waals surface area contributed by atoms with Crippen molar-refractivity contribution in [1.29, 1.82) is 0 Å². The molecule has 0 aromatic heterocycles. The largest absolute Gasteiger partial charge is 0.494 e. The fourth-order valence-electron chi connectivity index (χ4n) is 3.95. The van der Waals surface area contributed by atoms with Crippen molar-refractivity contribution < 1.29 is 14.3 Å². The van der Waals surface area contributed by atoms with Gasteiger partial charge in [-0.15, -0.1) is 0 Å². The molecule has 2 aromatic rings. The molecule has 4 heteroatoms. The maximum Gasteiger partial charge on any atom is 0.262 e. The highest BCUT2D eigenvalue weighted by molar-refractivity contribution is 5.91. The molecule has 170 valence electrons. The number of ether oxygens (including phenoxy) is 2. The van der Waals surface area contributed by atoms with Gasteiger partial charge in [-0.25, -0.2) is 0 Å². The summed E-state index contributed by atoms with van der Waals surface area (Å²) in [5.41, 5.74) is 2.35. The molecular formula is C27H39NO3. The Morgan fingerprint density at radius 1 is 0.839 bits per heavy atom. The molecule has 0 aliphatic heterocycles. The Balaban J connectivity index is 1.80. The van der Waals surface area contributed by atoms with Crippen molar-refractivity contribution >= 4 is 11.6 Å². The molecular weight excluding hydrogens is 386 g/mol. The van der Waals surface area contributed by atoms with E-state index in [1.54, 1.807) is 0 Å². The molecule has 0 saturated heterocycles.